The molecule has 0 aliphatic rings. The summed E-state index contributed by atoms with van der Waals surface area (Å²) in [6.07, 6.45) is 21.3. The smallest absolute Gasteiger partial charge is 0.0414 e. The molecule has 0 rings (SSSR count). The van der Waals surface area contributed by atoms with Crippen LogP contribution < -0.4 is 0 Å². The molecule has 1 radical (unpaired) electrons. The maximum atomic E-state index is 3.94. The molecule has 0 nitrogen and oxygen atoms in total. The summed E-state index contributed by atoms with van der Waals surface area (Å²) in [7, 11) is 0. The lowest BCUT2D eigenvalue weighted by molar-refractivity contribution is 0.369. The number of hydrogen-bond donors (Lipinski definition) is 0. The molecular formula is C19H39. The molecule has 0 N–H and O–H groups in total. The second-order valence-electron chi connectivity index (χ2n) is 6.27. The molecule has 0 aromatic heterocycles. The van der Waals surface area contributed by atoms with Crippen LogP contribution in [0.2, 0.25) is 0 Å². The Labute approximate surface area is 123 Å². The van der Waals surface area contributed by atoms with Gasteiger partial charge in [0, 0.05) is 0 Å². The van der Waals surface area contributed by atoms with Crippen LogP contribution in [0.1, 0.15) is 110 Å². The fourth-order valence-electron chi connectivity index (χ4n) is 2.94. The van der Waals surface area contributed by atoms with Crippen molar-refractivity contribution in [1.82, 2.24) is 0 Å². The summed E-state index contributed by atoms with van der Waals surface area (Å²) in [5.74, 6) is 1.03. The van der Waals surface area contributed by atoms with Crippen LogP contribution in [0.4, 0.5) is 0 Å². The third kappa shape index (κ3) is 14.2. The summed E-state index contributed by atoms with van der Waals surface area (Å²) in [6, 6.07) is 0. The van der Waals surface area contributed by atoms with E-state index in [2.05, 4.69) is 20.8 Å². The summed E-state index contributed by atoms with van der Waals surface area (Å²) >= 11 is 0. The van der Waals surface area contributed by atoms with Gasteiger partial charge in [0.05, 0.1) is 0 Å². The van der Waals surface area contributed by atoms with Gasteiger partial charge in [-0.25, -0.2) is 0 Å². The number of hydrogen-bond acceptors (Lipinski definition) is 0. The van der Waals surface area contributed by atoms with Gasteiger partial charge in [-0.15, -0.1) is 0 Å². The van der Waals surface area contributed by atoms with Crippen LogP contribution in [-0.4, -0.2) is 0 Å². The molecular weight excluding hydrogens is 228 g/mol. The highest BCUT2D eigenvalue weighted by molar-refractivity contribution is 4.61. The summed E-state index contributed by atoms with van der Waals surface area (Å²) < 4.78 is 0. The largest absolute Gasteiger partial charge is 0.0654 e. The summed E-state index contributed by atoms with van der Waals surface area (Å²) in [5, 5.41) is 0. The molecule has 0 heterocycles. The lowest BCUT2D eigenvalue weighted by Crippen LogP contribution is -2.01. The first-order chi connectivity index (χ1) is 9.35. The SMILES string of the molecule is [CH2]CCCCCC(CCCCCC)CCCCCC. The minimum absolute atomic E-state index is 1.03. The van der Waals surface area contributed by atoms with Crippen LogP contribution in [0.3, 0.4) is 0 Å². The molecule has 115 valence electrons. The molecule has 0 heteroatoms. The summed E-state index contributed by atoms with van der Waals surface area (Å²) in [6.45, 7) is 8.56. The Balaban J connectivity index is 3.66. The van der Waals surface area contributed by atoms with Crippen molar-refractivity contribution < 1.29 is 0 Å². The first-order valence-corrected chi connectivity index (χ1v) is 9.14. The normalized spacial score (nSPS) is 11.4. The van der Waals surface area contributed by atoms with Crippen LogP contribution in [0.15, 0.2) is 0 Å². The Morgan fingerprint density at radius 2 is 1.00 bits per heavy atom. The van der Waals surface area contributed by atoms with E-state index in [4.69, 9.17) is 0 Å². The van der Waals surface area contributed by atoms with Crippen LogP contribution >= 0.6 is 0 Å². The second-order valence-corrected chi connectivity index (χ2v) is 6.27. The van der Waals surface area contributed by atoms with E-state index in [-0.39, 0.29) is 0 Å². The molecule has 0 aromatic rings. The zero-order chi connectivity index (χ0) is 14.2. The lowest BCUT2D eigenvalue weighted by Gasteiger charge is -2.16. The standard InChI is InChI=1S/C19H39/c1-4-7-10-13-16-19(17-14-11-8-5-2)18-15-12-9-6-3/h19H,1,4-18H2,2-3H3. The molecule has 0 atom stereocenters. The highest BCUT2D eigenvalue weighted by Crippen LogP contribution is 2.24. The highest BCUT2D eigenvalue weighted by Gasteiger charge is 2.08. The zero-order valence-electron chi connectivity index (χ0n) is 13.9. The molecule has 0 unspecified atom stereocenters. The van der Waals surface area contributed by atoms with Crippen molar-refractivity contribution in [3.63, 3.8) is 0 Å². The van der Waals surface area contributed by atoms with Gasteiger partial charge in [-0.1, -0.05) is 117 Å². The van der Waals surface area contributed by atoms with Gasteiger partial charge in [-0.2, -0.15) is 0 Å². The quantitative estimate of drug-likeness (QED) is 0.272. The van der Waals surface area contributed by atoms with Crippen molar-refractivity contribution >= 4 is 0 Å². The minimum Gasteiger partial charge on any atom is -0.0654 e. The average Bonchev–Trinajstić information content (AvgIpc) is 2.43. The van der Waals surface area contributed by atoms with Crippen molar-refractivity contribution in [1.29, 1.82) is 0 Å². The predicted octanol–water partition coefficient (Wildman–Crippen LogP) is 7.33. The van der Waals surface area contributed by atoms with Gasteiger partial charge in [-0.3, -0.25) is 0 Å². The van der Waals surface area contributed by atoms with E-state index in [0.717, 1.165) is 12.3 Å². The average molecular weight is 268 g/mol. The summed E-state index contributed by atoms with van der Waals surface area (Å²) in [5.41, 5.74) is 0. The van der Waals surface area contributed by atoms with Gasteiger partial charge in [0.1, 0.15) is 0 Å². The van der Waals surface area contributed by atoms with Crippen molar-refractivity contribution in [2.24, 2.45) is 5.92 Å². The topological polar surface area (TPSA) is 0 Å². The van der Waals surface area contributed by atoms with Gasteiger partial charge < -0.3 is 0 Å². The first kappa shape index (κ1) is 19.0. The van der Waals surface area contributed by atoms with Crippen LogP contribution in [0.5, 0.6) is 0 Å². The zero-order valence-corrected chi connectivity index (χ0v) is 13.9. The Hall–Kier alpha value is 0. The molecule has 0 saturated heterocycles. The minimum atomic E-state index is 1.03. The van der Waals surface area contributed by atoms with Crippen LogP contribution in [0.25, 0.3) is 0 Å². The maximum Gasteiger partial charge on any atom is -0.0414 e. The van der Waals surface area contributed by atoms with E-state index < -0.39 is 0 Å². The van der Waals surface area contributed by atoms with E-state index in [9.17, 15) is 0 Å². The van der Waals surface area contributed by atoms with E-state index in [1.165, 1.54) is 89.9 Å². The van der Waals surface area contributed by atoms with Crippen molar-refractivity contribution in [3.05, 3.63) is 6.92 Å². The van der Waals surface area contributed by atoms with E-state index >= 15 is 0 Å². The van der Waals surface area contributed by atoms with E-state index in [1.54, 1.807) is 0 Å². The maximum absolute atomic E-state index is 3.94. The molecule has 0 spiro atoms. The van der Waals surface area contributed by atoms with E-state index in [0.29, 0.717) is 0 Å². The van der Waals surface area contributed by atoms with Gasteiger partial charge in [-0.05, 0) is 5.92 Å². The third-order valence-electron chi connectivity index (χ3n) is 4.29. The van der Waals surface area contributed by atoms with Crippen molar-refractivity contribution in [3.8, 4) is 0 Å². The molecule has 0 aliphatic carbocycles. The van der Waals surface area contributed by atoms with Gasteiger partial charge in [0.2, 0.25) is 0 Å². The van der Waals surface area contributed by atoms with E-state index in [1.807, 2.05) is 0 Å². The highest BCUT2D eigenvalue weighted by atomic mass is 14.1. The Morgan fingerprint density at radius 3 is 1.37 bits per heavy atom. The first-order valence-electron chi connectivity index (χ1n) is 9.14. The van der Waals surface area contributed by atoms with Gasteiger partial charge in [0.15, 0.2) is 0 Å². The fourth-order valence-corrected chi connectivity index (χ4v) is 2.94. The molecule has 0 saturated carbocycles. The molecule has 0 bridgehead atoms. The molecule has 0 amide bonds. The molecule has 0 aromatic carbocycles. The molecule has 0 fully saturated rings. The van der Waals surface area contributed by atoms with Gasteiger partial charge >= 0.3 is 0 Å². The monoisotopic (exact) mass is 267 g/mol. The fraction of sp³-hybridized carbons (Fsp3) is 0.947. The Kier molecular flexibility index (Phi) is 16.1. The third-order valence-corrected chi connectivity index (χ3v) is 4.29. The van der Waals surface area contributed by atoms with Crippen LogP contribution in [0, 0.1) is 12.8 Å². The Bertz CT molecular complexity index is 122. The lowest BCUT2D eigenvalue weighted by atomic mass is 9.90. The van der Waals surface area contributed by atoms with Crippen LogP contribution in [-0.2, 0) is 0 Å². The second kappa shape index (κ2) is 16.1. The Morgan fingerprint density at radius 1 is 0.579 bits per heavy atom. The molecule has 19 heavy (non-hydrogen) atoms. The van der Waals surface area contributed by atoms with Crippen molar-refractivity contribution in [2.45, 2.75) is 110 Å². The van der Waals surface area contributed by atoms with Crippen molar-refractivity contribution in [2.75, 3.05) is 0 Å². The number of unbranched alkanes of at least 4 members (excludes halogenated alkanes) is 9. The molecule has 0 aliphatic heterocycles. The summed E-state index contributed by atoms with van der Waals surface area (Å²) in [4.78, 5) is 0. The predicted molar refractivity (Wildman–Crippen MR) is 89.5 cm³/mol. The van der Waals surface area contributed by atoms with Gasteiger partial charge in [0.25, 0.3) is 0 Å². The number of rotatable bonds is 15.